The van der Waals surface area contributed by atoms with Gasteiger partial charge in [-0.1, -0.05) is 0 Å². The number of rotatable bonds is 3. The van der Waals surface area contributed by atoms with E-state index < -0.39 is 16.8 Å². The van der Waals surface area contributed by atoms with Crippen molar-refractivity contribution in [2.45, 2.75) is 38.3 Å². The van der Waals surface area contributed by atoms with Crippen molar-refractivity contribution in [3.8, 4) is 0 Å². The van der Waals surface area contributed by atoms with Crippen LogP contribution in [0.1, 0.15) is 25.0 Å². The van der Waals surface area contributed by atoms with E-state index in [0.29, 0.717) is 17.9 Å². The lowest BCUT2D eigenvalue weighted by molar-refractivity contribution is -0.384. The molecule has 2 bridgehead atoms. The van der Waals surface area contributed by atoms with E-state index in [-0.39, 0.29) is 17.8 Å². The van der Waals surface area contributed by atoms with E-state index in [4.69, 9.17) is 0 Å². The average Bonchev–Trinajstić information content (AvgIpc) is 2.95. The fourth-order valence-electron chi connectivity index (χ4n) is 3.45. The first-order valence-electron chi connectivity index (χ1n) is 6.62. The summed E-state index contributed by atoms with van der Waals surface area (Å²) in [6.45, 7) is 1.78. The molecule has 0 spiro atoms. The minimum absolute atomic E-state index is 0.0430. The van der Waals surface area contributed by atoms with E-state index in [1.54, 1.807) is 13.0 Å². The number of nitrogens with zero attached hydrogens (tertiary/aromatic N) is 3. The molecular formula is C13H15N3O4. The summed E-state index contributed by atoms with van der Waals surface area (Å²) in [7, 11) is 0. The van der Waals surface area contributed by atoms with Crippen molar-refractivity contribution >= 4 is 17.5 Å². The standard InChI is InChI=1S/C13H15N3O4/c1-7-2-4-11(16(19)20)12(14-7)15-8-3-5-10(15)9(6-8)13(17)18/h2,4,8-10H,3,5-6H2,1H3,(H,17,18). The molecule has 0 aromatic carbocycles. The van der Waals surface area contributed by atoms with Crippen LogP contribution in [0.2, 0.25) is 0 Å². The molecule has 20 heavy (non-hydrogen) atoms. The number of aromatic nitrogens is 1. The van der Waals surface area contributed by atoms with Gasteiger partial charge in [0.25, 0.3) is 0 Å². The molecular weight excluding hydrogens is 262 g/mol. The van der Waals surface area contributed by atoms with Gasteiger partial charge in [0.2, 0.25) is 5.82 Å². The van der Waals surface area contributed by atoms with Gasteiger partial charge in [0.05, 0.1) is 10.8 Å². The van der Waals surface area contributed by atoms with Gasteiger partial charge in [-0.2, -0.15) is 0 Å². The Morgan fingerprint density at radius 1 is 1.50 bits per heavy atom. The molecule has 1 aromatic rings. The fraction of sp³-hybridized carbons (Fsp3) is 0.538. The Balaban J connectivity index is 2.04. The average molecular weight is 277 g/mol. The molecule has 3 unspecified atom stereocenters. The molecule has 106 valence electrons. The summed E-state index contributed by atoms with van der Waals surface area (Å²) in [6.07, 6.45) is 2.18. The molecule has 2 aliphatic heterocycles. The van der Waals surface area contributed by atoms with E-state index in [1.165, 1.54) is 6.07 Å². The van der Waals surface area contributed by atoms with Crippen LogP contribution in [0.25, 0.3) is 0 Å². The lowest BCUT2D eigenvalue weighted by Gasteiger charge is -2.24. The monoisotopic (exact) mass is 277 g/mol. The number of hydrogen-bond acceptors (Lipinski definition) is 5. The summed E-state index contributed by atoms with van der Waals surface area (Å²) in [5, 5.41) is 20.4. The summed E-state index contributed by atoms with van der Waals surface area (Å²) >= 11 is 0. The van der Waals surface area contributed by atoms with Crippen LogP contribution in [-0.4, -0.2) is 33.1 Å². The van der Waals surface area contributed by atoms with Gasteiger partial charge in [-0.25, -0.2) is 4.98 Å². The van der Waals surface area contributed by atoms with Crippen molar-refractivity contribution in [1.29, 1.82) is 0 Å². The number of carboxylic acid groups (broad SMARTS) is 1. The molecule has 3 rings (SSSR count). The van der Waals surface area contributed by atoms with Crippen LogP contribution in [0.5, 0.6) is 0 Å². The maximum atomic E-state index is 11.3. The zero-order chi connectivity index (χ0) is 14.4. The van der Waals surface area contributed by atoms with Crippen LogP contribution in [0.4, 0.5) is 11.5 Å². The highest BCUT2D eigenvalue weighted by Gasteiger charge is 2.51. The number of aryl methyl sites for hydroxylation is 1. The second-order valence-electron chi connectivity index (χ2n) is 5.44. The number of aliphatic carboxylic acids is 1. The largest absolute Gasteiger partial charge is 0.481 e. The molecule has 3 atom stereocenters. The smallest absolute Gasteiger partial charge is 0.311 e. The van der Waals surface area contributed by atoms with Gasteiger partial charge in [0, 0.05) is 23.8 Å². The van der Waals surface area contributed by atoms with Crippen LogP contribution < -0.4 is 4.90 Å². The molecule has 1 N–H and O–H groups in total. The number of hydrogen-bond donors (Lipinski definition) is 1. The van der Waals surface area contributed by atoms with Crippen LogP contribution in [0, 0.1) is 23.0 Å². The SMILES string of the molecule is Cc1ccc([N+](=O)[O-])c(N2C3CCC2C(C(=O)O)C3)n1. The predicted molar refractivity (Wildman–Crippen MR) is 70.7 cm³/mol. The molecule has 0 saturated carbocycles. The molecule has 7 heteroatoms. The Morgan fingerprint density at radius 3 is 2.85 bits per heavy atom. The summed E-state index contributed by atoms with van der Waals surface area (Å²) < 4.78 is 0. The lowest BCUT2D eigenvalue weighted by atomic mass is 9.89. The molecule has 1 aromatic heterocycles. The van der Waals surface area contributed by atoms with Gasteiger partial charge in [-0.05, 0) is 32.3 Å². The number of pyridine rings is 1. The van der Waals surface area contributed by atoms with Crippen molar-refractivity contribution in [3.63, 3.8) is 0 Å². The van der Waals surface area contributed by atoms with Gasteiger partial charge in [-0.3, -0.25) is 14.9 Å². The fourth-order valence-corrected chi connectivity index (χ4v) is 3.45. The lowest BCUT2D eigenvalue weighted by Crippen LogP contribution is -2.34. The molecule has 2 saturated heterocycles. The van der Waals surface area contributed by atoms with Gasteiger partial charge in [0.15, 0.2) is 0 Å². The van der Waals surface area contributed by atoms with Crippen molar-refractivity contribution < 1.29 is 14.8 Å². The van der Waals surface area contributed by atoms with Crippen LogP contribution in [0.15, 0.2) is 12.1 Å². The van der Waals surface area contributed by atoms with E-state index >= 15 is 0 Å². The first-order chi connectivity index (χ1) is 9.49. The Kier molecular flexibility index (Phi) is 2.84. The van der Waals surface area contributed by atoms with Crippen LogP contribution in [-0.2, 0) is 4.79 Å². The normalized spacial score (nSPS) is 27.9. The van der Waals surface area contributed by atoms with Crippen LogP contribution in [0.3, 0.4) is 0 Å². The van der Waals surface area contributed by atoms with E-state index in [0.717, 1.165) is 12.8 Å². The zero-order valence-electron chi connectivity index (χ0n) is 11.0. The third kappa shape index (κ3) is 1.81. The van der Waals surface area contributed by atoms with E-state index in [9.17, 15) is 20.0 Å². The highest BCUT2D eigenvalue weighted by molar-refractivity contribution is 5.75. The number of anilines is 1. The minimum atomic E-state index is -0.822. The number of carbonyl (C=O) groups is 1. The Labute approximate surface area is 115 Å². The molecule has 2 fully saturated rings. The Hall–Kier alpha value is -2.18. The highest BCUT2D eigenvalue weighted by Crippen LogP contribution is 2.46. The van der Waals surface area contributed by atoms with Gasteiger partial charge in [-0.15, -0.1) is 0 Å². The quantitative estimate of drug-likeness (QED) is 0.667. The summed E-state index contributed by atoms with van der Waals surface area (Å²) in [5.41, 5.74) is 0.655. The molecule has 2 aliphatic rings. The van der Waals surface area contributed by atoms with Gasteiger partial charge in [0.1, 0.15) is 0 Å². The summed E-state index contributed by atoms with van der Waals surface area (Å²) in [6, 6.07) is 2.93. The summed E-state index contributed by atoms with van der Waals surface area (Å²) in [4.78, 5) is 28.2. The minimum Gasteiger partial charge on any atom is -0.481 e. The second-order valence-corrected chi connectivity index (χ2v) is 5.44. The topological polar surface area (TPSA) is 96.6 Å². The molecule has 0 amide bonds. The highest BCUT2D eigenvalue weighted by atomic mass is 16.6. The Bertz CT molecular complexity index is 589. The van der Waals surface area contributed by atoms with Gasteiger partial charge >= 0.3 is 11.7 Å². The Morgan fingerprint density at radius 2 is 2.25 bits per heavy atom. The first kappa shape index (κ1) is 12.8. The number of carboxylic acids is 1. The predicted octanol–water partition coefficient (Wildman–Crippen LogP) is 1.74. The third-order valence-electron chi connectivity index (χ3n) is 4.29. The second kappa shape index (κ2) is 4.43. The number of nitro groups is 1. The molecule has 3 heterocycles. The third-order valence-corrected chi connectivity index (χ3v) is 4.29. The van der Waals surface area contributed by atoms with Crippen LogP contribution >= 0.6 is 0 Å². The first-order valence-corrected chi connectivity index (χ1v) is 6.62. The maximum absolute atomic E-state index is 11.3. The van der Waals surface area contributed by atoms with Crippen molar-refractivity contribution in [2.24, 2.45) is 5.92 Å². The van der Waals surface area contributed by atoms with E-state index in [1.807, 2.05) is 4.90 Å². The van der Waals surface area contributed by atoms with Crippen molar-refractivity contribution in [3.05, 3.63) is 27.9 Å². The van der Waals surface area contributed by atoms with Crippen molar-refractivity contribution in [1.82, 2.24) is 4.98 Å². The zero-order valence-corrected chi connectivity index (χ0v) is 11.0. The number of fused-ring (bicyclic) bond motifs is 2. The summed E-state index contributed by atoms with van der Waals surface area (Å²) in [5.74, 6) is -0.945. The maximum Gasteiger partial charge on any atom is 0.311 e. The molecule has 7 nitrogen and oxygen atoms in total. The van der Waals surface area contributed by atoms with E-state index in [2.05, 4.69) is 4.98 Å². The van der Waals surface area contributed by atoms with Crippen molar-refractivity contribution in [2.75, 3.05) is 4.90 Å². The molecule has 0 radical (unpaired) electrons. The molecule has 0 aliphatic carbocycles. The van der Waals surface area contributed by atoms with Gasteiger partial charge < -0.3 is 10.0 Å².